The lowest BCUT2D eigenvalue weighted by Crippen LogP contribution is -2.48. The molecule has 2 unspecified atom stereocenters. The van der Waals surface area contributed by atoms with E-state index in [0.717, 1.165) is 32.4 Å². The average molecular weight is 244 g/mol. The molecule has 1 saturated carbocycles. The van der Waals surface area contributed by atoms with Gasteiger partial charge in [-0.2, -0.15) is 0 Å². The minimum absolute atomic E-state index is 0.0861. The lowest BCUT2D eigenvalue weighted by Gasteiger charge is -2.38. The smallest absolute Gasteiger partial charge is 0.228 e. The molecule has 0 spiro atoms. The summed E-state index contributed by atoms with van der Waals surface area (Å²) in [4.78, 5) is 14.4. The summed E-state index contributed by atoms with van der Waals surface area (Å²) in [6, 6.07) is 0. The molecule has 2 nitrogen and oxygen atoms in total. The van der Waals surface area contributed by atoms with Crippen LogP contribution >= 0.6 is 11.6 Å². The van der Waals surface area contributed by atoms with E-state index in [1.54, 1.807) is 0 Å². The zero-order valence-electron chi connectivity index (χ0n) is 10.3. The van der Waals surface area contributed by atoms with Crippen LogP contribution in [0.15, 0.2) is 0 Å². The topological polar surface area (TPSA) is 20.3 Å². The van der Waals surface area contributed by atoms with Gasteiger partial charge in [0, 0.05) is 18.5 Å². The first-order valence-electron chi connectivity index (χ1n) is 6.46. The molecule has 0 radical (unpaired) electrons. The van der Waals surface area contributed by atoms with Crippen LogP contribution in [0.3, 0.4) is 0 Å². The number of nitrogens with zero attached hydrogens (tertiary/aromatic N) is 1. The van der Waals surface area contributed by atoms with Gasteiger partial charge in [0.1, 0.15) is 0 Å². The number of rotatable bonds is 1. The molecule has 1 heterocycles. The minimum atomic E-state index is -0.0861. The maximum absolute atomic E-state index is 12.4. The Kier molecular flexibility index (Phi) is 3.48. The molecule has 0 bridgehead atoms. The standard InChI is InChI=1S/C13H22ClNO/c1-10-5-8-15(9-11(10)14)12(16)13(2)6-3-4-7-13/h10-11H,3-9H2,1-2H3. The number of amides is 1. The third-order valence-corrected chi connectivity index (χ3v) is 4.95. The number of carbonyl (C=O) groups is 1. The predicted molar refractivity (Wildman–Crippen MR) is 66.6 cm³/mol. The summed E-state index contributed by atoms with van der Waals surface area (Å²) in [6.45, 7) is 5.95. The van der Waals surface area contributed by atoms with Gasteiger partial charge in [0.05, 0.1) is 5.38 Å². The number of hydrogen-bond acceptors (Lipinski definition) is 1. The summed E-state index contributed by atoms with van der Waals surface area (Å²) < 4.78 is 0. The Bertz CT molecular complexity index is 273. The fraction of sp³-hybridized carbons (Fsp3) is 0.923. The van der Waals surface area contributed by atoms with Crippen molar-refractivity contribution in [3.8, 4) is 0 Å². The van der Waals surface area contributed by atoms with E-state index in [1.165, 1.54) is 12.8 Å². The van der Waals surface area contributed by atoms with Crippen LogP contribution in [0.4, 0.5) is 0 Å². The Hall–Kier alpha value is -0.240. The summed E-state index contributed by atoms with van der Waals surface area (Å²) in [6.07, 6.45) is 5.58. The summed E-state index contributed by atoms with van der Waals surface area (Å²) in [5.41, 5.74) is -0.0861. The van der Waals surface area contributed by atoms with Crippen molar-refractivity contribution < 1.29 is 4.79 Å². The second kappa shape index (κ2) is 4.56. The van der Waals surface area contributed by atoms with E-state index >= 15 is 0 Å². The first kappa shape index (κ1) is 12.2. The van der Waals surface area contributed by atoms with Gasteiger partial charge in [-0.25, -0.2) is 0 Å². The Balaban J connectivity index is 2.00. The molecule has 0 aromatic heterocycles. The zero-order valence-corrected chi connectivity index (χ0v) is 11.1. The molecule has 2 rings (SSSR count). The highest BCUT2D eigenvalue weighted by atomic mass is 35.5. The molecule has 1 aliphatic heterocycles. The molecular weight excluding hydrogens is 222 g/mol. The number of likely N-dealkylation sites (tertiary alicyclic amines) is 1. The molecule has 2 aliphatic rings. The largest absolute Gasteiger partial charge is 0.341 e. The van der Waals surface area contributed by atoms with Crippen molar-refractivity contribution in [3.05, 3.63) is 0 Å². The van der Waals surface area contributed by atoms with Gasteiger partial charge in [-0.3, -0.25) is 4.79 Å². The summed E-state index contributed by atoms with van der Waals surface area (Å²) in [5, 5.41) is 0.141. The van der Waals surface area contributed by atoms with Gasteiger partial charge in [0.25, 0.3) is 0 Å². The van der Waals surface area contributed by atoms with Crippen molar-refractivity contribution in [2.75, 3.05) is 13.1 Å². The van der Waals surface area contributed by atoms with Crippen LogP contribution in [-0.4, -0.2) is 29.3 Å². The lowest BCUT2D eigenvalue weighted by atomic mass is 9.86. The van der Waals surface area contributed by atoms with E-state index in [1.807, 2.05) is 4.90 Å². The Morgan fingerprint density at radius 2 is 2.00 bits per heavy atom. The molecule has 3 heteroatoms. The van der Waals surface area contributed by atoms with Gasteiger partial charge in [0.2, 0.25) is 5.91 Å². The highest BCUT2D eigenvalue weighted by Crippen LogP contribution is 2.40. The quantitative estimate of drug-likeness (QED) is 0.649. The molecule has 1 saturated heterocycles. The molecule has 1 amide bonds. The normalized spacial score (nSPS) is 34.1. The van der Waals surface area contributed by atoms with Crippen molar-refractivity contribution in [3.63, 3.8) is 0 Å². The van der Waals surface area contributed by atoms with Crippen molar-refractivity contribution in [1.82, 2.24) is 4.90 Å². The van der Waals surface area contributed by atoms with Gasteiger partial charge in [-0.1, -0.05) is 26.7 Å². The van der Waals surface area contributed by atoms with Crippen LogP contribution in [0.5, 0.6) is 0 Å². The highest BCUT2D eigenvalue weighted by molar-refractivity contribution is 6.21. The molecule has 2 fully saturated rings. The molecule has 0 N–H and O–H groups in total. The van der Waals surface area contributed by atoms with E-state index in [-0.39, 0.29) is 10.8 Å². The molecule has 16 heavy (non-hydrogen) atoms. The molecular formula is C13H22ClNO. The van der Waals surface area contributed by atoms with Crippen LogP contribution in [-0.2, 0) is 4.79 Å². The van der Waals surface area contributed by atoms with E-state index in [4.69, 9.17) is 11.6 Å². The third kappa shape index (κ3) is 2.22. The van der Waals surface area contributed by atoms with E-state index in [2.05, 4.69) is 13.8 Å². The van der Waals surface area contributed by atoms with Crippen molar-refractivity contribution in [2.45, 2.75) is 51.3 Å². The van der Waals surface area contributed by atoms with Crippen LogP contribution in [0.1, 0.15) is 46.0 Å². The van der Waals surface area contributed by atoms with Crippen molar-refractivity contribution >= 4 is 17.5 Å². The number of alkyl halides is 1. The molecule has 92 valence electrons. The maximum Gasteiger partial charge on any atom is 0.228 e. The molecule has 0 aromatic carbocycles. The Morgan fingerprint density at radius 3 is 2.56 bits per heavy atom. The summed E-state index contributed by atoms with van der Waals surface area (Å²) in [7, 11) is 0. The first-order valence-corrected chi connectivity index (χ1v) is 6.90. The number of carbonyl (C=O) groups excluding carboxylic acids is 1. The van der Waals surface area contributed by atoms with E-state index in [9.17, 15) is 4.79 Å². The van der Waals surface area contributed by atoms with Gasteiger partial charge >= 0.3 is 0 Å². The van der Waals surface area contributed by atoms with Crippen LogP contribution in [0.25, 0.3) is 0 Å². The monoisotopic (exact) mass is 243 g/mol. The number of hydrogen-bond donors (Lipinski definition) is 0. The van der Waals surface area contributed by atoms with Crippen molar-refractivity contribution in [1.29, 1.82) is 0 Å². The maximum atomic E-state index is 12.4. The molecule has 0 aromatic rings. The first-order chi connectivity index (χ1) is 7.53. The van der Waals surface area contributed by atoms with Gasteiger partial charge in [0.15, 0.2) is 0 Å². The van der Waals surface area contributed by atoms with Crippen LogP contribution in [0.2, 0.25) is 0 Å². The van der Waals surface area contributed by atoms with Crippen LogP contribution in [0, 0.1) is 11.3 Å². The SMILES string of the molecule is CC1CCN(C(=O)C2(C)CCCC2)CC1Cl. The van der Waals surface area contributed by atoms with E-state index < -0.39 is 0 Å². The van der Waals surface area contributed by atoms with Gasteiger partial charge in [-0.15, -0.1) is 11.6 Å². The minimum Gasteiger partial charge on any atom is -0.341 e. The second-order valence-corrected chi connectivity index (χ2v) is 6.36. The average Bonchev–Trinajstić information content (AvgIpc) is 2.70. The highest BCUT2D eigenvalue weighted by Gasteiger charge is 2.40. The van der Waals surface area contributed by atoms with Gasteiger partial charge < -0.3 is 4.90 Å². The summed E-state index contributed by atoms with van der Waals surface area (Å²) in [5.74, 6) is 0.893. The predicted octanol–water partition coefficient (Wildman–Crippen LogP) is 3.04. The molecule has 1 aliphatic carbocycles. The van der Waals surface area contributed by atoms with Crippen molar-refractivity contribution in [2.24, 2.45) is 11.3 Å². The van der Waals surface area contributed by atoms with Crippen LogP contribution < -0.4 is 0 Å². The second-order valence-electron chi connectivity index (χ2n) is 5.80. The number of halogens is 1. The third-order valence-electron chi connectivity index (χ3n) is 4.38. The summed E-state index contributed by atoms with van der Waals surface area (Å²) >= 11 is 6.26. The lowest BCUT2D eigenvalue weighted by molar-refractivity contribution is -0.142. The Morgan fingerprint density at radius 1 is 1.38 bits per heavy atom. The molecule has 2 atom stereocenters. The fourth-order valence-corrected chi connectivity index (χ4v) is 3.25. The zero-order chi connectivity index (χ0) is 11.8. The van der Waals surface area contributed by atoms with Gasteiger partial charge in [-0.05, 0) is 25.2 Å². The Labute approximate surface area is 103 Å². The fourth-order valence-electron chi connectivity index (χ4n) is 2.96. The number of piperidine rings is 1. The van der Waals surface area contributed by atoms with E-state index in [0.29, 0.717) is 11.8 Å².